The lowest BCUT2D eigenvalue weighted by atomic mass is 10.2. The van der Waals surface area contributed by atoms with Gasteiger partial charge < -0.3 is 15.9 Å². The van der Waals surface area contributed by atoms with Crippen molar-refractivity contribution < 1.29 is 22.8 Å². The van der Waals surface area contributed by atoms with E-state index in [1.54, 1.807) is 0 Å². The smallest absolute Gasteiger partial charge is 0.288 e. The molecule has 0 aliphatic carbocycles. The number of oxime groups is 1. The van der Waals surface area contributed by atoms with Crippen LogP contribution in [0.2, 0.25) is 0 Å². The van der Waals surface area contributed by atoms with Crippen molar-refractivity contribution in [3.05, 3.63) is 59.9 Å². The molecule has 0 heterocycles. The van der Waals surface area contributed by atoms with E-state index >= 15 is 0 Å². The van der Waals surface area contributed by atoms with Gasteiger partial charge in [0.05, 0.1) is 0 Å². The first kappa shape index (κ1) is 18.7. The van der Waals surface area contributed by atoms with Crippen molar-refractivity contribution in [2.24, 2.45) is 10.9 Å². The molecule has 1 amide bonds. The Morgan fingerprint density at radius 2 is 1.80 bits per heavy atom. The maximum Gasteiger partial charge on any atom is 0.288 e. The number of nitrogens with zero attached hydrogens (tertiary/aromatic N) is 1. The third-order valence-corrected chi connectivity index (χ3v) is 3.58. The highest BCUT2D eigenvalue weighted by Crippen LogP contribution is 2.26. The molecule has 2 rings (SSSR count). The fraction of sp³-hybridized carbons (Fsp3) is 0.125. The zero-order valence-electron chi connectivity index (χ0n) is 12.8. The maximum absolute atomic E-state index is 12.8. The minimum absolute atomic E-state index is 0.00109. The number of nitrogens with two attached hydrogens (primary N) is 1. The highest BCUT2D eigenvalue weighted by molar-refractivity contribution is 7.99. The fourth-order valence-electron chi connectivity index (χ4n) is 1.75. The molecule has 0 spiro atoms. The number of carbonyl (C=O) groups excluding carboxylic acids is 1. The van der Waals surface area contributed by atoms with Gasteiger partial charge in [-0.25, -0.2) is 4.39 Å². The Morgan fingerprint density at radius 3 is 2.40 bits per heavy atom. The second-order valence-corrected chi connectivity index (χ2v) is 5.77. The van der Waals surface area contributed by atoms with Gasteiger partial charge in [-0.1, -0.05) is 16.9 Å². The van der Waals surface area contributed by atoms with Crippen LogP contribution in [-0.4, -0.2) is 24.1 Å². The lowest BCUT2D eigenvalue weighted by molar-refractivity contribution is -0.120. The van der Waals surface area contributed by atoms with Crippen LogP contribution in [0.5, 0.6) is 0 Å². The molecule has 0 atom stereocenters. The van der Waals surface area contributed by atoms with Crippen LogP contribution in [0.3, 0.4) is 0 Å². The summed E-state index contributed by atoms with van der Waals surface area (Å²) in [4.78, 5) is 17.0. The zero-order chi connectivity index (χ0) is 18.2. The number of hydrogen-bond acceptors (Lipinski definition) is 4. The number of halogens is 3. The highest BCUT2D eigenvalue weighted by atomic mass is 32.2. The van der Waals surface area contributed by atoms with Crippen molar-refractivity contribution in [1.82, 2.24) is 0 Å². The van der Waals surface area contributed by atoms with E-state index in [0.717, 1.165) is 0 Å². The molecule has 0 fully saturated rings. The van der Waals surface area contributed by atoms with Crippen molar-refractivity contribution in [2.45, 2.75) is 10.7 Å². The highest BCUT2D eigenvalue weighted by Gasteiger charge is 2.07. The van der Waals surface area contributed by atoms with E-state index in [1.807, 2.05) is 0 Å². The standard InChI is InChI=1S/C16H14F3N3O2S/c17-11-3-1-10(2-4-11)15(20)22-24-9-14(23)21-12-5-7-13(8-6-12)25-16(18)19/h1-8,16H,9H2,(H2,20,22)(H,21,23). The summed E-state index contributed by atoms with van der Waals surface area (Å²) < 4.78 is 37.2. The number of anilines is 1. The Kier molecular flexibility index (Phi) is 6.70. The Labute approximate surface area is 146 Å². The summed E-state index contributed by atoms with van der Waals surface area (Å²) in [5, 5.41) is 6.10. The molecule has 25 heavy (non-hydrogen) atoms. The molecule has 5 nitrogen and oxygen atoms in total. The minimum Gasteiger partial charge on any atom is -0.384 e. The average Bonchev–Trinajstić information content (AvgIpc) is 2.56. The quantitative estimate of drug-likeness (QED) is 0.339. The molecule has 0 aromatic heterocycles. The number of thioether (sulfide) groups is 1. The van der Waals surface area contributed by atoms with Gasteiger partial charge in [-0.15, -0.1) is 0 Å². The SMILES string of the molecule is N/C(=N\OCC(=O)Nc1ccc(SC(F)F)cc1)c1ccc(F)cc1. The van der Waals surface area contributed by atoms with Crippen LogP contribution in [0, 0.1) is 5.82 Å². The van der Waals surface area contributed by atoms with Gasteiger partial charge in [0, 0.05) is 16.1 Å². The van der Waals surface area contributed by atoms with Gasteiger partial charge in [0.1, 0.15) is 5.82 Å². The molecule has 0 aliphatic rings. The van der Waals surface area contributed by atoms with Crippen LogP contribution >= 0.6 is 11.8 Å². The van der Waals surface area contributed by atoms with Gasteiger partial charge in [0.15, 0.2) is 12.4 Å². The van der Waals surface area contributed by atoms with Gasteiger partial charge in [-0.05, 0) is 48.5 Å². The topological polar surface area (TPSA) is 76.7 Å². The van der Waals surface area contributed by atoms with Crippen molar-refractivity contribution in [1.29, 1.82) is 0 Å². The number of alkyl halides is 2. The molecule has 0 radical (unpaired) electrons. The summed E-state index contributed by atoms with van der Waals surface area (Å²) in [7, 11) is 0. The normalized spacial score (nSPS) is 11.4. The Hall–Kier alpha value is -2.68. The predicted molar refractivity (Wildman–Crippen MR) is 90.0 cm³/mol. The largest absolute Gasteiger partial charge is 0.384 e. The first-order valence-electron chi connectivity index (χ1n) is 7.00. The van der Waals surface area contributed by atoms with E-state index in [9.17, 15) is 18.0 Å². The molecule has 0 aliphatic heterocycles. The maximum atomic E-state index is 12.8. The van der Waals surface area contributed by atoms with Gasteiger partial charge in [-0.3, -0.25) is 4.79 Å². The molecule has 0 saturated carbocycles. The second kappa shape index (κ2) is 8.97. The van der Waals surface area contributed by atoms with E-state index in [4.69, 9.17) is 10.6 Å². The summed E-state index contributed by atoms with van der Waals surface area (Å²) in [6.45, 7) is -0.393. The molecule has 132 valence electrons. The van der Waals surface area contributed by atoms with Crippen molar-refractivity contribution in [2.75, 3.05) is 11.9 Å². The molecule has 2 aromatic carbocycles. The van der Waals surface area contributed by atoms with Crippen molar-refractivity contribution in [3.8, 4) is 0 Å². The van der Waals surface area contributed by atoms with Crippen LogP contribution in [0.15, 0.2) is 58.6 Å². The monoisotopic (exact) mass is 369 g/mol. The number of rotatable bonds is 7. The van der Waals surface area contributed by atoms with Gasteiger partial charge in [0.25, 0.3) is 11.7 Å². The number of amidine groups is 1. The lowest BCUT2D eigenvalue weighted by Crippen LogP contribution is -2.19. The van der Waals surface area contributed by atoms with Crippen molar-refractivity contribution >= 4 is 29.2 Å². The number of nitrogens with one attached hydrogen (secondary N) is 1. The third kappa shape index (κ3) is 6.38. The fourth-order valence-corrected chi connectivity index (χ4v) is 2.25. The number of hydrogen-bond donors (Lipinski definition) is 2. The summed E-state index contributed by atoms with van der Waals surface area (Å²) in [5.41, 5.74) is 6.53. The molecule has 2 aromatic rings. The summed E-state index contributed by atoms with van der Waals surface area (Å²) in [6.07, 6.45) is 0. The third-order valence-electron chi connectivity index (χ3n) is 2.86. The summed E-state index contributed by atoms with van der Waals surface area (Å²) >= 11 is 0.416. The van der Waals surface area contributed by atoms with Gasteiger partial charge >= 0.3 is 0 Å². The van der Waals surface area contributed by atoms with E-state index in [1.165, 1.54) is 48.5 Å². The number of carbonyl (C=O) groups is 1. The van der Waals surface area contributed by atoms with Crippen LogP contribution in [0.4, 0.5) is 18.9 Å². The lowest BCUT2D eigenvalue weighted by Gasteiger charge is -2.06. The van der Waals surface area contributed by atoms with Crippen LogP contribution in [0.25, 0.3) is 0 Å². The molecular weight excluding hydrogens is 355 g/mol. The molecule has 0 bridgehead atoms. The van der Waals surface area contributed by atoms with Crippen molar-refractivity contribution in [3.63, 3.8) is 0 Å². The van der Waals surface area contributed by atoms with Gasteiger partial charge in [-0.2, -0.15) is 8.78 Å². The molecule has 3 N–H and O–H groups in total. The minimum atomic E-state index is -2.50. The average molecular weight is 369 g/mol. The van der Waals surface area contributed by atoms with E-state index in [-0.39, 0.29) is 5.84 Å². The summed E-state index contributed by atoms with van der Waals surface area (Å²) in [6, 6.07) is 11.2. The van der Waals surface area contributed by atoms with Crippen LogP contribution in [0.1, 0.15) is 5.56 Å². The van der Waals surface area contributed by atoms with E-state index in [0.29, 0.717) is 27.9 Å². The molecular formula is C16H14F3N3O2S. The Balaban J connectivity index is 1.82. The first-order chi connectivity index (χ1) is 11.9. The predicted octanol–water partition coefficient (Wildman–Crippen LogP) is 3.42. The zero-order valence-corrected chi connectivity index (χ0v) is 13.6. The Bertz CT molecular complexity index is 737. The van der Waals surface area contributed by atoms with E-state index in [2.05, 4.69) is 10.5 Å². The first-order valence-corrected chi connectivity index (χ1v) is 7.88. The van der Waals surface area contributed by atoms with Gasteiger partial charge in [0.2, 0.25) is 0 Å². The van der Waals surface area contributed by atoms with Crippen LogP contribution in [-0.2, 0) is 9.63 Å². The van der Waals surface area contributed by atoms with E-state index < -0.39 is 24.1 Å². The Morgan fingerprint density at radius 1 is 1.16 bits per heavy atom. The van der Waals surface area contributed by atoms with Crippen LogP contribution < -0.4 is 11.1 Å². The molecule has 0 saturated heterocycles. The number of amides is 1. The molecule has 0 unspecified atom stereocenters. The second-order valence-electron chi connectivity index (χ2n) is 4.71. The summed E-state index contributed by atoms with van der Waals surface area (Å²) in [5.74, 6) is -3.40. The number of benzene rings is 2. The molecule has 9 heteroatoms.